The van der Waals surface area contributed by atoms with Gasteiger partial charge in [0.1, 0.15) is 0 Å². The molecule has 0 heterocycles. The number of amides is 1. The van der Waals surface area contributed by atoms with Crippen molar-refractivity contribution < 1.29 is 9.63 Å². The van der Waals surface area contributed by atoms with Crippen LogP contribution in [0.3, 0.4) is 0 Å². The molecule has 18 heavy (non-hydrogen) atoms. The Morgan fingerprint density at radius 1 is 1.06 bits per heavy atom. The third-order valence-corrected chi connectivity index (χ3v) is 2.60. The Morgan fingerprint density at radius 3 is 2.39 bits per heavy atom. The number of hydrogen-bond donors (Lipinski definition) is 1. The van der Waals surface area contributed by atoms with Gasteiger partial charge in [0.15, 0.2) is 0 Å². The van der Waals surface area contributed by atoms with Crippen LogP contribution in [0, 0.1) is 0 Å². The zero-order chi connectivity index (χ0) is 12.8. The monoisotopic (exact) mass is 261 g/mol. The van der Waals surface area contributed by atoms with Crippen molar-refractivity contribution in [3.05, 3.63) is 70.7 Å². The molecule has 0 unspecified atom stereocenters. The molecule has 3 nitrogen and oxygen atoms in total. The first kappa shape index (κ1) is 12.6. The number of hydrogen-bond acceptors (Lipinski definition) is 2. The van der Waals surface area contributed by atoms with E-state index in [0.29, 0.717) is 17.2 Å². The van der Waals surface area contributed by atoms with Gasteiger partial charge in [0.2, 0.25) is 0 Å². The number of carbonyl (C=O) groups excluding carboxylic acids is 1. The lowest BCUT2D eigenvalue weighted by molar-refractivity contribution is 0.0233. The Hall–Kier alpha value is -1.84. The zero-order valence-electron chi connectivity index (χ0n) is 9.60. The Kier molecular flexibility index (Phi) is 4.34. The van der Waals surface area contributed by atoms with Crippen LogP contribution in [-0.4, -0.2) is 5.91 Å². The van der Waals surface area contributed by atoms with Crippen LogP contribution in [0.1, 0.15) is 15.9 Å². The molecule has 0 spiro atoms. The van der Waals surface area contributed by atoms with Crippen LogP contribution in [0.15, 0.2) is 54.6 Å². The highest BCUT2D eigenvalue weighted by Crippen LogP contribution is 2.09. The largest absolute Gasteiger partial charge is 0.274 e. The quantitative estimate of drug-likeness (QED) is 0.859. The fourth-order valence-corrected chi connectivity index (χ4v) is 1.54. The molecule has 0 aromatic heterocycles. The first-order valence-corrected chi connectivity index (χ1v) is 5.85. The second-order valence-electron chi connectivity index (χ2n) is 3.71. The second-order valence-corrected chi connectivity index (χ2v) is 4.15. The summed E-state index contributed by atoms with van der Waals surface area (Å²) in [5.74, 6) is -0.260. The van der Waals surface area contributed by atoms with E-state index in [0.717, 1.165) is 5.56 Å². The lowest BCUT2D eigenvalue weighted by Gasteiger charge is -2.06. The maximum absolute atomic E-state index is 11.6. The van der Waals surface area contributed by atoms with Crippen molar-refractivity contribution in [2.45, 2.75) is 6.61 Å². The molecule has 0 fully saturated rings. The molecular weight excluding hydrogens is 250 g/mol. The molecule has 0 saturated carbocycles. The number of halogens is 1. The van der Waals surface area contributed by atoms with Crippen molar-refractivity contribution >= 4 is 17.5 Å². The predicted octanol–water partition coefficient (Wildman–Crippen LogP) is 3.20. The Balaban J connectivity index is 1.82. The molecule has 2 aromatic carbocycles. The third kappa shape index (κ3) is 3.58. The summed E-state index contributed by atoms with van der Waals surface area (Å²) in [6, 6.07) is 16.1. The predicted molar refractivity (Wildman–Crippen MR) is 70.1 cm³/mol. The molecule has 1 N–H and O–H groups in total. The molecule has 1 amide bonds. The van der Waals surface area contributed by atoms with Gasteiger partial charge in [0.25, 0.3) is 5.91 Å². The van der Waals surface area contributed by atoms with Gasteiger partial charge in [-0.3, -0.25) is 9.63 Å². The van der Waals surface area contributed by atoms with Crippen LogP contribution < -0.4 is 5.48 Å². The molecule has 0 aliphatic heterocycles. The summed E-state index contributed by atoms with van der Waals surface area (Å²) in [7, 11) is 0. The van der Waals surface area contributed by atoms with Gasteiger partial charge in [-0.25, -0.2) is 5.48 Å². The molecule has 0 radical (unpaired) electrons. The minimum absolute atomic E-state index is 0.260. The second kappa shape index (κ2) is 6.19. The van der Waals surface area contributed by atoms with Gasteiger partial charge in [0.05, 0.1) is 6.61 Å². The molecular formula is C14H12ClNO2. The van der Waals surface area contributed by atoms with Crippen LogP contribution in [0.25, 0.3) is 0 Å². The minimum atomic E-state index is -0.260. The van der Waals surface area contributed by atoms with Gasteiger partial charge >= 0.3 is 0 Å². The Labute approximate surface area is 110 Å². The van der Waals surface area contributed by atoms with E-state index in [9.17, 15) is 4.79 Å². The summed E-state index contributed by atoms with van der Waals surface area (Å²) in [6.07, 6.45) is 0. The summed E-state index contributed by atoms with van der Waals surface area (Å²) < 4.78 is 0. The molecule has 2 aromatic rings. The maximum Gasteiger partial charge on any atom is 0.274 e. The molecule has 0 bridgehead atoms. The first-order valence-electron chi connectivity index (χ1n) is 5.47. The van der Waals surface area contributed by atoms with E-state index in [2.05, 4.69) is 5.48 Å². The Morgan fingerprint density at radius 2 is 1.72 bits per heavy atom. The fraction of sp³-hybridized carbons (Fsp3) is 0.0714. The highest BCUT2D eigenvalue weighted by molar-refractivity contribution is 6.30. The standard InChI is InChI=1S/C14H12ClNO2/c15-13-8-6-11(7-9-13)10-18-16-14(17)12-4-2-1-3-5-12/h1-9H,10H2,(H,16,17). The first-order chi connectivity index (χ1) is 8.75. The van der Waals surface area contributed by atoms with Crippen LogP contribution >= 0.6 is 11.6 Å². The number of hydroxylamine groups is 1. The molecule has 2 rings (SSSR count). The van der Waals surface area contributed by atoms with E-state index in [1.165, 1.54) is 0 Å². The van der Waals surface area contributed by atoms with Crippen molar-refractivity contribution in [1.82, 2.24) is 5.48 Å². The summed E-state index contributed by atoms with van der Waals surface area (Å²) in [4.78, 5) is 16.8. The number of carbonyl (C=O) groups is 1. The minimum Gasteiger partial charge on any atom is -0.269 e. The highest BCUT2D eigenvalue weighted by atomic mass is 35.5. The average Bonchev–Trinajstić information content (AvgIpc) is 2.42. The van der Waals surface area contributed by atoms with Crippen molar-refractivity contribution in [2.24, 2.45) is 0 Å². The molecule has 0 aliphatic carbocycles. The maximum atomic E-state index is 11.6. The van der Waals surface area contributed by atoms with Gasteiger partial charge < -0.3 is 0 Å². The van der Waals surface area contributed by atoms with E-state index < -0.39 is 0 Å². The Bertz CT molecular complexity index is 511. The van der Waals surface area contributed by atoms with Crippen LogP contribution in [-0.2, 0) is 11.4 Å². The molecule has 92 valence electrons. The van der Waals surface area contributed by atoms with E-state index >= 15 is 0 Å². The third-order valence-electron chi connectivity index (χ3n) is 2.35. The van der Waals surface area contributed by atoms with Gasteiger partial charge in [-0.05, 0) is 29.8 Å². The summed E-state index contributed by atoms with van der Waals surface area (Å²) in [5, 5.41) is 0.673. The number of nitrogens with one attached hydrogen (secondary N) is 1. The van der Waals surface area contributed by atoms with Crippen molar-refractivity contribution in [3.63, 3.8) is 0 Å². The molecule has 4 heteroatoms. The van der Waals surface area contributed by atoms with Crippen LogP contribution in [0.5, 0.6) is 0 Å². The van der Waals surface area contributed by atoms with E-state index in [-0.39, 0.29) is 5.91 Å². The summed E-state index contributed by atoms with van der Waals surface area (Å²) >= 11 is 5.77. The van der Waals surface area contributed by atoms with Gasteiger partial charge in [-0.1, -0.05) is 41.9 Å². The van der Waals surface area contributed by atoms with E-state index in [4.69, 9.17) is 16.4 Å². The smallest absolute Gasteiger partial charge is 0.269 e. The molecule has 0 aliphatic rings. The normalized spacial score (nSPS) is 10.1. The fourth-order valence-electron chi connectivity index (χ4n) is 1.41. The van der Waals surface area contributed by atoms with Crippen molar-refractivity contribution in [1.29, 1.82) is 0 Å². The zero-order valence-corrected chi connectivity index (χ0v) is 10.4. The average molecular weight is 262 g/mol. The van der Waals surface area contributed by atoms with Gasteiger partial charge in [-0.2, -0.15) is 0 Å². The SMILES string of the molecule is O=C(NOCc1ccc(Cl)cc1)c1ccccc1. The molecule has 0 saturated heterocycles. The lowest BCUT2D eigenvalue weighted by atomic mass is 10.2. The highest BCUT2D eigenvalue weighted by Gasteiger charge is 2.03. The van der Waals surface area contributed by atoms with Crippen molar-refractivity contribution in [2.75, 3.05) is 0 Å². The van der Waals surface area contributed by atoms with Gasteiger partial charge in [-0.15, -0.1) is 0 Å². The van der Waals surface area contributed by atoms with Crippen LogP contribution in [0.2, 0.25) is 5.02 Å². The van der Waals surface area contributed by atoms with Crippen molar-refractivity contribution in [3.8, 4) is 0 Å². The number of benzene rings is 2. The molecule has 0 atom stereocenters. The summed E-state index contributed by atoms with van der Waals surface area (Å²) in [5.41, 5.74) is 3.89. The summed E-state index contributed by atoms with van der Waals surface area (Å²) in [6.45, 7) is 0.301. The van der Waals surface area contributed by atoms with Crippen LogP contribution in [0.4, 0.5) is 0 Å². The number of rotatable bonds is 4. The van der Waals surface area contributed by atoms with E-state index in [1.807, 2.05) is 18.2 Å². The van der Waals surface area contributed by atoms with Gasteiger partial charge in [0, 0.05) is 10.6 Å². The lowest BCUT2D eigenvalue weighted by Crippen LogP contribution is -2.23. The topological polar surface area (TPSA) is 38.3 Å². The van der Waals surface area contributed by atoms with E-state index in [1.54, 1.807) is 36.4 Å².